The average molecular weight is 529 g/mol. The van der Waals surface area contributed by atoms with Crippen molar-refractivity contribution in [1.29, 1.82) is 0 Å². The maximum atomic E-state index is 13.4. The van der Waals surface area contributed by atoms with E-state index in [1.807, 2.05) is 27.7 Å². The predicted molar refractivity (Wildman–Crippen MR) is 136 cm³/mol. The molecule has 37 heavy (non-hydrogen) atoms. The Morgan fingerprint density at radius 3 is 2.35 bits per heavy atom. The molecule has 3 fully saturated rings. The molecule has 210 valence electrons. The molecular formula is C28H45F3N3O3+. The largest absolute Gasteiger partial charge is 0.422 e. The van der Waals surface area contributed by atoms with Crippen molar-refractivity contribution in [2.75, 3.05) is 33.9 Å². The topological polar surface area (TPSA) is 45.9 Å². The summed E-state index contributed by atoms with van der Waals surface area (Å²) in [6.45, 7) is 10.4. The van der Waals surface area contributed by atoms with Crippen molar-refractivity contribution in [3.8, 4) is 0 Å². The van der Waals surface area contributed by atoms with Crippen LogP contribution in [-0.4, -0.2) is 61.7 Å². The van der Waals surface area contributed by atoms with E-state index in [4.69, 9.17) is 9.57 Å². The zero-order valence-electron chi connectivity index (χ0n) is 23.3. The average Bonchev–Trinajstić information content (AvgIpc) is 3.51. The lowest BCUT2D eigenvalue weighted by Crippen LogP contribution is -2.51. The molecule has 1 saturated heterocycles. The minimum atomic E-state index is -4.46. The number of nitrogens with zero attached hydrogens (tertiary/aromatic N) is 3. The summed E-state index contributed by atoms with van der Waals surface area (Å²) in [7, 11) is 3.57. The van der Waals surface area contributed by atoms with Crippen molar-refractivity contribution in [2.45, 2.75) is 91.0 Å². The molecule has 4 atom stereocenters. The number of ether oxygens (including phenoxy) is 1. The second-order valence-electron chi connectivity index (χ2n) is 10.2. The standard InChI is InChI=1S/C24H33F3N3O3.2C2H6/c1-28(22-16-3-4-17(22)14-33-13-16)20-6-5-15(10-20)23(31)29-8-7-21-18(11-29)9-19(24(25,26)27)12-30(21)32-2;2*1-2/h9,12,15-17,20,22H,3-8,10-11,13-14H2,1-2H3;2*1-2H3/q+1;;. The molecule has 0 spiro atoms. The molecule has 0 N–H and O–H groups in total. The maximum absolute atomic E-state index is 13.4. The zero-order valence-corrected chi connectivity index (χ0v) is 23.3. The van der Waals surface area contributed by atoms with Crippen molar-refractivity contribution < 1.29 is 32.3 Å². The molecule has 2 aliphatic carbocycles. The van der Waals surface area contributed by atoms with Gasteiger partial charge in [-0.3, -0.25) is 14.5 Å². The van der Waals surface area contributed by atoms with Crippen LogP contribution < -0.4 is 9.57 Å². The number of carbonyl (C=O) groups excluding carboxylic acids is 1. The van der Waals surface area contributed by atoms with Crippen LogP contribution in [0.1, 0.15) is 76.6 Å². The number of fused-ring (bicyclic) bond motifs is 3. The Kier molecular flexibility index (Phi) is 10.3. The summed E-state index contributed by atoms with van der Waals surface area (Å²) in [4.78, 5) is 22.8. The van der Waals surface area contributed by atoms with Crippen molar-refractivity contribution in [2.24, 2.45) is 17.8 Å². The van der Waals surface area contributed by atoms with E-state index >= 15 is 0 Å². The molecule has 1 amide bonds. The molecule has 6 nitrogen and oxygen atoms in total. The fourth-order valence-electron chi connectivity index (χ4n) is 6.70. The SMILES string of the molecule is CC.CC.CO[n+]1cc(C(F)(F)F)cc2c1CCN(C(=O)C1CCC(N(C)C3C4CCC3COC4)C1)C2. The second kappa shape index (κ2) is 12.8. The monoisotopic (exact) mass is 528 g/mol. The molecule has 2 aliphatic heterocycles. The van der Waals surface area contributed by atoms with Crippen LogP contribution in [0.3, 0.4) is 0 Å². The highest BCUT2D eigenvalue weighted by atomic mass is 19.4. The summed E-state index contributed by atoms with van der Waals surface area (Å²) < 4.78 is 47.0. The molecule has 9 heteroatoms. The number of hydrogen-bond donors (Lipinski definition) is 0. The van der Waals surface area contributed by atoms with Gasteiger partial charge in [0.15, 0.2) is 0 Å². The summed E-state index contributed by atoms with van der Waals surface area (Å²) >= 11 is 0. The van der Waals surface area contributed by atoms with Gasteiger partial charge in [0.25, 0.3) is 0 Å². The van der Waals surface area contributed by atoms with Gasteiger partial charge in [-0.1, -0.05) is 27.7 Å². The fourth-order valence-corrected chi connectivity index (χ4v) is 6.70. The molecule has 2 saturated carbocycles. The molecule has 1 aromatic rings. The smallest absolute Gasteiger partial charge is 0.381 e. The molecule has 0 radical (unpaired) electrons. The molecule has 5 rings (SSSR count). The molecule has 4 aliphatic rings. The Bertz CT molecular complexity index is 895. The number of carbonyl (C=O) groups is 1. The number of halogens is 3. The van der Waals surface area contributed by atoms with Crippen molar-refractivity contribution >= 4 is 5.91 Å². The number of amides is 1. The Balaban J connectivity index is 0.000000907. The highest BCUT2D eigenvalue weighted by Gasteiger charge is 2.46. The normalized spacial score (nSPS) is 28.6. The first-order chi connectivity index (χ1) is 17.8. The van der Waals surface area contributed by atoms with E-state index in [1.165, 1.54) is 24.7 Å². The number of pyridine rings is 1. The van der Waals surface area contributed by atoms with Crippen LogP contribution in [0.15, 0.2) is 12.3 Å². The van der Waals surface area contributed by atoms with Crippen LogP contribution in [0.5, 0.6) is 0 Å². The van der Waals surface area contributed by atoms with E-state index in [9.17, 15) is 18.0 Å². The lowest BCUT2D eigenvalue weighted by molar-refractivity contribution is -0.891. The third-order valence-electron chi connectivity index (χ3n) is 8.38. The van der Waals surface area contributed by atoms with Crippen LogP contribution in [0.25, 0.3) is 0 Å². The van der Waals surface area contributed by atoms with E-state index < -0.39 is 11.7 Å². The van der Waals surface area contributed by atoms with Gasteiger partial charge in [-0.2, -0.15) is 13.2 Å². The summed E-state index contributed by atoms with van der Waals surface area (Å²) in [6, 6.07) is 2.09. The van der Waals surface area contributed by atoms with Crippen molar-refractivity contribution in [3.63, 3.8) is 0 Å². The first-order valence-electron chi connectivity index (χ1n) is 14.0. The van der Waals surface area contributed by atoms with E-state index in [1.54, 1.807) is 4.90 Å². The van der Waals surface area contributed by atoms with Gasteiger partial charge >= 0.3 is 6.18 Å². The number of rotatable bonds is 4. The molecule has 2 bridgehead atoms. The Hall–Kier alpha value is -1.87. The molecule has 4 unspecified atom stereocenters. The highest BCUT2D eigenvalue weighted by Crippen LogP contribution is 2.42. The summed E-state index contributed by atoms with van der Waals surface area (Å²) in [5, 5.41) is 0. The van der Waals surface area contributed by atoms with E-state index in [2.05, 4.69) is 11.9 Å². The van der Waals surface area contributed by atoms with Crippen LogP contribution in [0, 0.1) is 17.8 Å². The molecule has 0 aromatic carbocycles. The fraction of sp³-hybridized carbons (Fsp3) is 0.786. The van der Waals surface area contributed by atoms with Crippen molar-refractivity contribution in [3.05, 3.63) is 29.1 Å². The Labute approximate surface area is 220 Å². The number of hydrogen-bond acceptors (Lipinski definition) is 4. The third-order valence-corrected chi connectivity index (χ3v) is 8.38. The van der Waals surface area contributed by atoms with Gasteiger partial charge in [-0.05, 0) is 57.1 Å². The van der Waals surface area contributed by atoms with Gasteiger partial charge in [0, 0.05) is 34.8 Å². The summed E-state index contributed by atoms with van der Waals surface area (Å²) in [5.74, 6) is 1.21. The molecule has 1 aromatic heterocycles. The minimum Gasteiger partial charge on any atom is -0.381 e. The first kappa shape index (κ1) is 29.7. The summed E-state index contributed by atoms with van der Waals surface area (Å²) in [5.41, 5.74) is 0.455. The van der Waals surface area contributed by atoms with Crippen LogP contribution >= 0.6 is 0 Å². The third kappa shape index (κ3) is 6.24. The highest BCUT2D eigenvalue weighted by molar-refractivity contribution is 5.79. The maximum Gasteiger partial charge on any atom is 0.422 e. The lowest BCUT2D eigenvalue weighted by atomic mass is 9.93. The van der Waals surface area contributed by atoms with Gasteiger partial charge in [0.2, 0.25) is 17.8 Å². The predicted octanol–water partition coefficient (Wildman–Crippen LogP) is 4.51. The van der Waals surface area contributed by atoms with Crippen LogP contribution in [-0.2, 0) is 28.7 Å². The molecule has 3 heterocycles. The van der Waals surface area contributed by atoms with Gasteiger partial charge in [-0.15, -0.1) is 0 Å². The Morgan fingerprint density at radius 1 is 1.11 bits per heavy atom. The Morgan fingerprint density at radius 2 is 1.76 bits per heavy atom. The van der Waals surface area contributed by atoms with Gasteiger partial charge in [-0.25, -0.2) is 0 Å². The van der Waals surface area contributed by atoms with Crippen molar-refractivity contribution in [1.82, 2.24) is 9.80 Å². The number of alkyl halides is 3. The van der Waals surface area contributed by atoms with Gasteiger partial charge in [0.1, 0.15) is 12.7 Å². The quantitative estimate of drug-likeness (QED) is 0.540. The summed E-state index contributed by atoms with van der Waals surface area (Å²) in [6.07, 6.45) is 2.12. The van der Waals surface area contributed by atoms with E-state index in [0.29, 0.717) is 48.1 Å². The van der Waals surface area contributed by atoms with Crippen LogP contribution in [0.4, 0.5) is 13.2 Å². The number of aromatic nitrogens is 1. The van der Waals surface area contributed by atoms with E-state index in [-0.39, 0.29) is 18.4 Å². The van der Waals surface area contributed by atoms with Gasteiger partial charge in [0.05, 0.1) is 26.2 Å². The zero-order chi connectivity index (χ0) is 27.3. The van der Waals surface area contributed by atoms with Crippen LogP contribution in [0.2, 0.25) is 0 Å². The van der Waals surface area contributed by atoms with Gasteiger partial charge < -0.3 is 9.64 Å². The lowest BCUT2D eigenvalue weighted by Gasteiger charge is -2.40. The van der Waals surface area contributed by atoms with E-state index in [0.717, 1.165) is 44.7 Å². The minimum absolute atomic E-state index is 0.0585. The second-order valence-corrected chi connectivity index (χ2v) is 10.2. The molecular weight excluding hydrogens is 483 g/mol. The first-order valence-corrected chi connectivity index (χ1v) is 14.0.